The van der Waals surface area contributed by atoms with E-state index in [9.17, 15) is 4.79 Å². The molecular formula is C19H24ClN3O. The number of para-hydroxylation sites is 1. The van der Waals surface area contributed by atoms with Crippen molar-refractivity contribution in [2.75, 3.05) is 18.4 Å². The van der Waals surface area contributed by atoms with E-state index < -0.39 is 0 Å². The van der Waals surface area contributed by atoms with Crippen LogP contribution >= 0.6 is 11.6 Å². The first-order valence-corrected chi connectivity index (χ1v) is 8.86. The van der Waals surface area contributed by atoms with Gasteiger partial charge in [0, 0.05) is 30.5 Å². The Bertz CT molecular complexity index is 753. The monoisotopic (exact) mass is 345 g/mol. The van der Waals surface area contributed by atoms with E-state index in [1.165, 1.54) is 11.3 Å². The molecule has 0 unspecified atom stereocenters. The zero-order valence-electron chi connectivity index (χ0n) is 14.5. The highest BCUT2D eigenvalue weighted by Crippen LogP contribution is 2.29. The van der Waals surface area contributed by atoms with Crippen LogP contribution in [-0.2, 0) is 17.8 Å². The summed E-state index contributed by atoms with van der Waals surface area (Å²) in [5.74, 6) is 0.0388. The smallest absolute Gasteiger partial charge is 0.238 e. The van der Waals surface area contributed by atoms with Crippen LogP contribution in [0.4, 0.5) is 5.69 Å². The Morgan fingerprint density at radius 3 is 2.83 bits per heavy atom. The van der Waals surface area contributed by atoms with Gasteiger partial charge in [-0.15, -0.1) is 0 Å². The van der Waals surface area contributed by atoms with Crippen LogP contribution in [0, 0.1) is 6.92 Å². The van der Waals surface area contributed by atoms with Gasteiger partial charge in [-0.3, -0.25) is 9.69 Å². The predicted molar refractivity (Wildman–Crippen MR) is 98.6 cm³/mol. The Hall–Kier alpha value is -1.78. The third kappa shape index (κ3) is 3.21. The van der Waals surface area contributed by atoms with E-state index in [-0.39, 0.29) is 11.9 Å². The first-order chi connectivity index (χ1) is 11.5. The van der Waals surface area contributed by atoms with Gasteiger partial charge in [-0.2, -0.15) is 0 Å². The van der Waals surface area contributed by atoms with Gasteiger partial charge in [0.15, 0.2) is 0 Å². The van der Waals surface area contributed by atoms with Crippen LogP contribution in [0.15, 0.2) is 30.3 Å². The minimum atomic E-state index is 0.0388. The average Bonchev–Trinajstić information content (AvgIpc) is 2.94. The molecular weight excluding hydrogens is 322 g/mol. The summed E-state index contributed by atoms with van der Waals surface area (Å²) in [6.07, 6.45) is 0.906. The van der Waals surface area contributed by atoms with Crippen molar-refractivity contribution in [3.63, 3.8) is 0 Å². The Labute approximate surface area is 148 Å². The number of fused-ring (bicyclic) bond motifs is 1. The second kappa shape index (κ2) is 6.99. The van der Waals surface area contributed by atoms with Gasteiger partial charge in [-0.1, -0.05) is 36.7 Å². The quantitative estimate of drug-likeness (QED) is 0.908. The van der Waals surface area contributed by atoms with E-state index in [1.807, 2.05) is 31.2 Å². The van der Waals surface area contributed by atoms with Crippen molar-refractivity contribution in [2.24, 2.45) is 0 Å². The Morgan fingerprint density at radius 1 is 1.29 bits per heavy atom. The lowest BCUT2D eigenvalue weighted by molar-refractivity contribution is -0.118. The van der Waals surface area contributed by atoms with Crippen LogP contribution in [-0.4, -0.2) is 28.5 Å². The van der Waals surface area contributed by atoms with E-state index in [1.54, 1.807) is 0 Å². The molecule has 2 heterocycles. The van der Waals surface area contributed by atoms with Gasteiger partial charge in [0.1, 0.15) is 5.15 Å². The summed E-state index contributed by atoms with van der Waals surface area (Å²) in [5, 5.41) is 3.89. The van der Waals surface area contributed by atoms with E-state index >= 15 is 0 Å². The maximum absolute atomic E-state index is 12.6. The number of aryl methyl sites for hydroxylation is 2. The number of anilines is 1. The van der Waals surface area contributed by atoms with Gasteiger partial charge in [0.25, 0.3) is 0 Å². The molecule has 1 atom stereocenters. The van der Waals surface area contributed by atoms with Crippen LogP contribution in [0.2, 0.25) is 5.15 Å². The fraction of sp³-hybridized carbons (Fsp3) is 0.421. The van der Waals surface area contributed by atoms with Crippen molar-refractivity contribution < 1.29 is 4.79 Å². The molecule has 0 saturated carbocycles. The van der Waals surface area contributed by atoms with E-state index in [2.05, 4.69) is 34.7 Å². The minimum absolute atomic E-state index is 0.0388. The zero-order valence-corrected chi connectivity index (χ0v) is 15.2. The number of benzene rings is 1. The SMILES string of the molecule is CCc1cccc(C)c1NC(=O)CN1CCn2c(Cl)ccc2[C@H]1C. The normalized spacial score (nSPS) is 17.6. The van der Waals surface area contributed by atoms with Crippen LogP contribution in [0.25, 0.3) is 0 Å². The van der Waals surface area contributed by atoms with Gasteiger partial charge in [0.05, 0.1) is 6.54 Å². The lowest BCUT2D eigenvalue weighted by Crippen LogP contribution is -2.41. The second-order valence-electron chi connectivity index (χ2n) is 6.39. The minimum Gasteiger partial charge on any atom is -0.333 e. The molecule has 2 aromatic rings. The molecule has 24 heavy (non-hydrogen) atoms. The van der Waals surface area contributed by atoms with Crippen molar-refractivity contribution in [3.05, 3.63) is 52.3 Å². The summed E-state index contributed by atoms with van der Waals surface area (Å²) >= 11 is 6.20. The third-order valence-corrected chi connectivity index (χ3v) is 5.23. The molecule has 1 N–H and O–H groups in total. The van der Waals surface area contributed by atoms with Crippen LogP contribution in [0.3, 0.4) is 0 Å². The number of rotatable bonds is 4. The van der Waals surface area contributed by atoms with E-state index in [4.69, 9.17) is 11.6 Å². The number of nitrogens with one attached hydrogen (secondary N) is 1. The van der Waals surface area contributed by atoms with Gasteiger partial charge in [-0.05, 0) is 43.5 Å². The third-order valence-electron chi connectivity index (χ3n) is 4.90. The second-order valence-corrected chi connectivity index (χ2v) is 6.78. The van der Waals surface area contributed by atoms with Gasteiger partial charge in [0.2, 0.25) is 5.91 Å². The zero-order chi connectivity index (χ0) is 17.3. The molecule has 0 spiro atoms. The topological polar surface area (TPSA) is 37.3 Å². The molecule has 4 nitrogen and oxygen atoms in total. The average molecular weight is 346 g/mol. The molecule has 3 rings (SSSR count). The number of hydrogen-bond acceptors (Lipinski definition) is 2. The Balaban J connectivity index is 1.70. The van der Waals surface area contributed by atoms with Crippen molar-refractivity contribution in [1.29, 1.82) is 0 Å². The summed E-state index contributed by atoms with van der Waals surface area (Å²) in [4.78, 5) is 14.8. The number of amides is 1. The Kier molecular flexibility index (Phi) is 4.97. The highest BCUT2D eigenvalue weighted by atomic mass is 35.5. The number of halogens is 1. The molecule has 0 saturated heterocycles. The van der Waals surface area contributed by atoms with E-state index in [0.29, 0.717) is 6.54 Å². The molecule has 0 bridgehead atoms. The van der Waals surface area contributed by atoms with Gasteiger partial charge >= 0.3 is 0 Å². The van der Waals surface area contributed by atoms with Crippen LogP contribution in [0.1, 0.15) is 36.7 Å². The lowest BCUT2D eigenvalue weighted by Gasteiger charge is -2.34. The molecule has 0 aliphatic carbocycles. The summed E-state index contributed by atoms with van der Waals surface area (Å²) in [6, 6.07) is 10.3. The standard InChI is InChI=1S/C19H24ClN3O/c1-4-15-7-5-6-13(2)19(15)21-18(24)12-22-10-11-23-16(14(22)3)8-9-17(23)20/h5-9,14H,4,10-12H2,1-3H3,(H,21,24)/t14-/m1/s1. The van der Waals surface area contributed by atoms with Gasteiger partial charge < -0.3 is 9.88 Å². The highest BCUT2D eigenvalue weighted by molar-refractivity contribution is 6.29. The predicted octanol–water partition coefficient (Wildman–Crippen LogP) is 4.03. The van der Waals surface area contributed by atoms with Crippen molar-refractivity contribution in [2.45, 2.75) is 39.8 Å². The molecule has 0 fully saturated rings. The molecule has 0 radical (unpaired) electrons. The molecule has 128 valence electrons. The first kappa shape index (κ1) is 17.1. The number of hydrogen-bond donors (Lipinski definition) is 1. The van der Waals surface area contributed by atoms with Crippen LogP contribution in [0.5, 0.6) is 0 Å². The largest absolute Gasteiger partial charge is 0.333 e. The lowest BCUT2D eigenvalue weighted by atomic mass is 10.1. The maximum Gasteiger partial charge on any atom is 0.238 e. The summed E-state index contributed by atoms with van der Waals surface area (Å²) in [7, 11) is 0. The fourth-order valence-electron chi connectivity index (χ4n) is 3.45. The molecule has 5 heteroatoms. The summed E-state index contributed by atoms with van der Waals surface area (Å²) < 4.78 is 2.12. The fourth-order valence-corrected chi connectivity index (χ4v) is 3.69. The summed E-state index contributed by atoms with van der Waals surface area (Å²) in [5.41, 5.74) is 4.41. The van der Waals surface area contributed by atoms with Crippen molar-refractivity contribution in [3.8, 4) is 0 Å². The highest BCUT2D eigenvalue weighted by Gasteiger charge is 2.26. The van der Waals surface area contributed by atoms with Crippen molar-refractivity contribution in [1.82, 2.24) is 9.47 Å². The van der Waals surface area contributed by atoms with Crippen molar-refractivity contribution >= 4 is 23.2 Å². The molecule has 1 aromatic carbocycles. The van der Waals surface area contributed by atoms with Gasteiger partial charge in [-0.25, -0.2) is 0 Å². The summed E-state index contributed by atoms with van der Waals surface area (Å²) in [6.45, 7) is 8.30. The molecule has 1 aliphatic rings. The maximum atomic E-state index is 12.6. The molecule has 1 aromatic heterocycles. The molecule has 1 amide bonds. The number of aromatic nitrogens is 1. The number of carbonyl (C=O) groups is 1. The number of carbonyl (C=O) groups excluding carboxylic acids is 1. The number of nitrogens with zero attached hydrogens (tertiary/aromatic N) is 2. The molecule has 1 aliphatic heterocycles. The Morgan fingerprint density at radius 2 is 2.08 bits per heavy atom. The van der Waals surface area contributed by atoms with Crippen LogP contribution < -0.4 is 5.32 Å². The van der Waals surface area contributed by atoms with E-state index in [0.717, 1.165) is 35.9 Å². The first-order valence-electron chi connectivity index (χ1n) is 8.48.